The minimum atomic E-state index is -0.906. The Hall–Kier alpha value is -2.99. The number of para-hydroxylation sites is 2. The molecule has 0 amide bonds. The smallest absolute Gasteiger partial charge is 0.321 e. The molecule has 1 aromatic heterocycles. The molecule has 7 heteroatoms. The highest BCUT2D eigenvalue weighted by molar-refractivity contribution is 6.35. The largest absolute Gasteiger partial charge is 0.488 e. The van der Waals surface area contributed by atoms with Crippen molar-refractivity contribution >= 4 is 40.1 Å². The van der Waals surface area contributed by atoms with Gasteiger partial charge >= 0.3 is 5.97 Å². The van der Waals surface area contributed by atoms with Gasteiger partial charge < -0.3 is 14.8 Å². The predicted molar refractivity (Wildman–Crippen MR) is 128 cm³/mol. The van der Waals surface area contributed by atoms with Gasteiger partial charge in [0.25, 0.3) is 0 Å². The Morgan fingerprint density at radius 3 is 2.47 bits per heavy atom. The van der Waals surface area contributed by atoms with Gasteiger partial charge in [-0.2, -0.15) is 0 Å². The summed E-state index contributed by atoms with van der Waals surface area (Å²) >= 11 is 12.5. The van der Waals surface area contributed by atoms with Crippen LogP contribution in [0.15, 0.2) is 72.9 Å². The number of carboxylic acid groups (broad SMARTS) is 1. The first-order valence-corrected chi connectivity index (χ1v) is 10.9. The van der Waals surface area contributed by atoms with Crippen molar-refractivity contribution in [1.82, 2.24) is 10.3 Å². The lowest BCUT2D eigenvalue weighted by atomic mass is 10.0. The lowest BCUT2D eigenvalue weighted by molar-refractivity contribution is -0.139. The van der Waals surface area contributed by atoms with Crippen LogP contribution in [0.25, 0.3) is 10.9 Å². The van der Waals surface area contributed by atoms with Crippen LogP contribution in [0.4, 0.5) is 0 Å². The highest BCUT2D eigenvalue weighted by Gasteiger charge is 2.20. The van der Waals surface area contributed by atoms with Crippen molar-refractivity contribution in [1.29, 1.82) is 0 Å². The number of benzene rings is 3. The molecule has 32 heavy (non-hydrogen) atoms. The zero-order valence-corrected chi connectivity index (χ0v) is 18.7. The number of hydrogen-bond donors (Lipinski definition) is 3. The van der Waals surface area contributed by atoms with Gasteiger partial charge in [-0.3, -0.25) is 10.1 Å². The number of rotatable bonds is 9. The Labute approximate surface area is 195 Å². The minimum Gasteiger partial charge on any atom is -0.488 e. The third-order valence-electron chi connectivity index (χ3n) is 5.34. The molecule has 0 aliphatic rings. The monoisotopic (exact) mass is 468 g/mol. The molecule has 0 radical (unpaired) electrons. The number of carbonyl (C=O) groups is 1. The molecule has 4 rings (SSSR count). The van der Waals surface area contributed by atoms with Gasteiger partial charge in [0, 0.05) is 51.2 Å². The lowest BCUT2D eigenvalue weighted by Gasteiger charge is -2.17. The fourth-order valence-corrected chi connectivity index (χ4v) is 4.12. The molecule has 0 spiro atoms. The molecule has 0 aliphatic heterocycles. The number of aromatic nitrogens is 1. The summed E-state index contributed by atoms with van der Waals surface area (Å²) in [6, 6.07) is 19.9. The Balaban J connectivity index is 1.45. The molecule has 4 aromatic rings. The molecule has 1 unspecified atom stereocenters. The van der Waals surface area contributed by atoms with Crippen LogP contribution in [0.3, 0.4) is 0 Å². The number of aliphatic carboxylic acids is 1. The average Bonchev–Trinajstić information content (AvgIpc) is 3.19. The molecule has 1 heterocycles. The Morgan fingerprint density at radius 2 is 1.69 bits per heavy atom. The van der Waals surface area contributed by atoms with E-state index in [1.165, 1.54) is 0 Å². The van der Waals surface area contributed by atoms with Crippen LogP contribution in [0.1, 0.15) is 16.7 Å². The molecule has 3 N–H and O–H groups in total. The van der Waals surface area contributed by atoms with Crippen molar-refractivity contribution in [2.75, 3.05) is 0 Å². The van der Waals surface area contributed by atoms with E-state index in [1.807, 2.05) is 54.7 Å². The number of halogens is 2. The number of fused-ring (bicyclic) bond motifs is 1. The second kappa shape index (κ2) is 10.1. The van der Waals surface area contributed by atoms with Gasteiger partial charge in [0.05, 0.1) is 0 Å². The summed E-state index contributed by atoms with van der Waals surface area (Å²) in [7, 11) is 0. The maximum atomic E-state index is 11.9. The van der Waals surface area contributed by atoms with Crippen molar-refractivity contribution in [3.8, 4) is 5.75 Å². The van der Waals surface area contributed by atoms with E-state index in [2.05, 4.69) is 10.3 Å². The van der Waals surface area contributed by atoms with Crippen LogP contribution in [0.2, 0.25) is 10.0 Å². The van der Waals surface area contributed by atoms with Crippen LogP contribution < -0.4 is 10.1 Å². The molecule has 1 atom stereocenters. The quantitative estimate of drug-likeness (QED) is 0.288. The van der Waals surface area contributed by atoms with E-state index >= 15 is 0 Å². The van der Waals surface area contributed by atoms with Gasteiger partial charge in [-0.25, -0.2) is 0 Å². The molecule has 0 fully saturated rings. The van der Waals surface area contributed by atoms with E-state index in [4.69, 9.17) is 27.9 Å². The van der Waals surface area contributed by atoms with Crippen molar-refractivity contribution in [3.05, 3.63) is 99.7 Å². The summed E-state index contributed by atoms with van der Waals surface area (Å²) in [4.78, 5) is 15.1. The summed E-state index contributed by atoms with van der Waals surface area (Å²) in [6.07, 6.45) is 2.23. The summed E-state index contributed by atoms with van der Waals surface area (Å²) < 4.78 is 5.98. The fourth-order valence-electron chi connectivity index (χ4n) is 3.61. The van der Waals surface area contributed by atoms with Crippen molar-refractivity contribution in [2.24, 2.45) is 0 Å². The molecule has 3 aromatic carbocycles. The van der Waals surface area contributed by atoms with Crippen molar-refractivity contribution in [3.63, 3.8) is 0 Å². The number of nitrogens with one attached hydrogen (secondary N) is 2. The minimum absolute atomic E-state index is 0.215. The van der Waals surface area contributed by atoms with Gasteiger partial charge in [-0.1, -0.05) is 65.7 Å². The zero-order chi connectivity index (χ0) is 22.5. The van der Waals surface area contributed by atoms with E-state index in [0.717, 1.165) is 22.0 Å². The summed E-state index contributed by atoms with van der Waals surface area (Å²) in [5.74, 6) is -0.260. The fraction of sp³-hybridized carbons (Fsp3) is 0.160. The second-order valence-electron chi connectivity index (χ2n) is 7.43. The van der Waals surface area contributed by atoms with E-state index in [-0.39, 0.29) is 6.61 Å². The van der Waals surface area contributed by atoms with Crippen molar-refractivity contribution in [2.45, 2.75) is 25.6 Å². The molecule has 0 bridgehead atoms. The first kappa shape index (κ1) is 22.2. The highest BCUT2D eigenvalue weighted by atomic mass is 35.5. The number of ether oxygens (including phenoxy) is 1. The van der Waals surface area contributed by atoms with Gasteiger partial charge in [0.1, 0.15) is 18.4 Å². The highest BCUT2D eigenvalue weighted by Crippen LogP contribution is 2.27. The third kappa shape index (κ3) is 5.07. The lowest BCUT2D eigenvalue weighted by Crippen LogP contribution is -2.38. The SMILES string of the molecule is O=C(O)C(Cc1c[nH]c2ccccc12)NCc1ccccc1OCc1c(Cl)cccc1Cl. The number of H-pyrrole nitrogens is 1. The summed E-state index contributed by atoms with van der Waals surface area (Å²) in [6.45, 7) is 0.555. The topological polar surface area (TPSA) is 74.3 Å². The predicted octanol–water partition coefficient (Wildman–Crippen LogP) is 5.84. The third-order valence-corrected chi connectivity index (χ3v) is 6.05. The first-order chi connectivity index (χ1) is 15.5. The number of aromatic amines is 1. The van der Waals surface area contributed by atoms with Gasteiger partial charge in [-0.05, 0) is 29.8 Å². The molecule has 0 aliphatic carbocycles. The van der Waals surface area contributed by atoms with Crippen LogP contribution >= 0.6 is 23.2 Å². The molecule has 5 nitrogen and oxygen atoms in total. The summed E-state index contributed by atoms with van der Waals surface area (Å²) in [5.41, 5.74) is 3.50. The van der Waals surface area contributed by atoms with E-state index < -0.39 is 12.0 Å². The van der Waals surface area contributed by atoms with E-state index in [1.54, 1.807) is 18.2 Å². The van der Waals surface area contributed by atoms with Crippen LogP contribution in [0.5, 0.6) is 5.75 Å². The Bertz CT molecular complexity index is 1220. The van der Waals surface area contributed by atoms with E-state index in [0.29, 0.717) is 34.3 Å². The maximum Gasteiger partial charge on any atom is 0.321 e. The second-order valence-corrected chi connectivity index (χ2v) is 8.25. The van der Waals surface area contributed by atoms with Gasteiger partial charge in [0.2, 0.25) is 0 Å². The molecule has 164 valence electrons. The summed E-state index contributed by atoms with van der Waals surface area (Å²) in [5, 5.41) is 15.0. The Morgan fingerprint density at radius 1 is 0.969 bits per heavy atom. The van der Waals surface area contributed by atoms with Crippen LogP contribution in [0, 0.1) is 0 Å². The van der Waals surface area contributed by atoms with E-state index in [9.17, 15) is 9.90 Å². The van der Waals surface area contributed by atoms with Crippen molar-refractivity contribution < 1.29 is 14.6 Å². The first-order valence-electron chi connectivity index (χ1n) is 10.2. The van der Waals surface area contributed by atoms with Gasteiger partial charge in [-0.15, -0.1) is 0 Å². The zero-order valence-electron chi connectivity index (χ0n) is 17.1. The molecular formula is C25H22Cl2N2O3. The van der Waals surface area contributed by atoms with Gasteiger partial charge in [0.15, 0.2) is 0 Å². The molecule has 0 saturated heterocycles. The maximum absolute atomic E-state index is 11.9. The molecular weight excluding hydrogens is 447 g/mol. The average molecular weight is 469 g/mol. The standard InChI is InChI=1S/C25H22Cl2N2O3/c26-20-8-5-9-21(27)19(20)15-32-24-11-4-1-6-16(24)13-29-23(25(30)31)12-17-14-28-22-10-3-2-7-18(17)22/h1-11,14,23,28-29H,12-13,15H2,(H,30,31). The van der Waals surface area contributed by atoms with Crippen LogP contribution in [-0.4, -0.2) is 22.1 Å². The Kier molecular flexibility index (Phi) is 7.00. The number of carboxylic acids is 1. The normalized spacial score (nSPS) is 12.1. The van der Waals surface area contributed by atoms with Crippen LogP contribution in [-0.2, 0) is 24.4 Å². The molecule has 0 saturated carbocycles. The number of hydrogen-bond acceptors (Lipinski definition) is 3.